The summed E-state index contributed by atoms with van der Waals surface area (Å²) in [7, 11) is 0. The number of anilines is 1. The van der Waals surface area contributed by atoms with E-state index in [1.165, 1.54) is 0 Å². The molecule has 2 aromatic rings. The Morgan fingerprint density at radius 2 is 2.17 bits per heavy atom. The van der Waals surface area contributed by atoms with Gasteiger partial charge < -0.3 is 10.1 Å². The van der Waals surface area contributed by atoms with Crippen LogP contribution in [0.15, 0.2) is 23.0 Å². The molecule has 1 fully saturated rings. The van der Waals surface area contributed by atoms with Crippen LogP contribution in [0.5, 0.6) is 0 Å². The van der Waals surface area contributed by atoms with Gasteiger partial charge in [0.15, 0.2) is 0 Å². The van der Waals surface area contributed by atoms with E-state index in [2.05, 4.69) is 10.3 Å². The molecule has 2 aliphatic rings. The maximum Gasteiger partial charge on any atom is 0.261 e. The first kappa shape index (κ1) is 15.3. The van der Waals surface area contributed by atoms with E-state index >= 15 is 0 Å². The van der Waals surface area contributed by atoms with E-state index in [9.17, 15) is 9.59 Å². The van der Waals surface area contributed by atoms with Crippen molar-refractivity contribution in [3.8, 4) is 0 Å². The Balaban J connectivity index is 1.68. The number of hydrogen-bond acceptors (Lipinski definition) is 4. The van der Waals surface area contributed by atoms with Gasteiger partial charge in [-0.1, -0.05) is 6.42 Å². The normalized spacial score (nSPS) is 20.6. The molecule has 126 valence electrons. The third-order valence-corrected chi connectivity index (χ3v) is 4.80. The Labute approximate surface area is 139 Å². The lowest BCUT2D eigenvalue weighted by atomic mass is 10.2. The number of nitrogens with zero attached hydrogens (tertiary/aromatic N) is 2. The molecule has 0 bridgehead atoms. The summed E-state index contributed by atoms with van der Waals surface area (Å²) in [5, 5.41) is 3.42. The molecule has 6 nitrogen and oxygen atoms in total. The minimum absolute atomic E-state index is 0.00915. The largest absolute Gasteiger partial charge is 0.368 e. The number of ether oxygens (including phenoxy) is 1. The number of rotatable bonds is 2. The van der Waals surface area contributed by atoms with E-state index in [0.29, 0.717) is 23.2 Å². The summed E-state index contributed by atoms with van der Waals surface area (Å²) in [6.45, 7) is 1.36. The minimum Gasteiger partial charge on any atom is -0.368 e. The number of hydrogen-bond donors (Lipinski definition) is 1. The summed E-state index contributed by atoms with van der Waals surface area (Å²) in [4.78, 5) is 29.6. The van der Waals surface area contributed by atoms with Gasteiger partial charge in [0.2, 0.25) is 0 Å². The lowest BCUT2D eigenvalue weighted by Crippen LogP contribution is -2.27. The predicted molar refractivity (Wildman–Crippen MR) is 91.2 cm³/mol. The molecule has 0 aliphatic carbocycles. The number of carbonyl (C=O) groups is 1. The van der Waals surface area contributed by atoms with Crippen molar-refractivity contribution in [2.45, 2.75) is 51.2 Å². The molecule has 1 amide bonds. The molecule has 0 radical (unpaired) electrons. The summed E-state index contributed by atoms with van der Waals surface area (Å²) >= 11 is 0. The molecule has 3 heterocycles. The van der Waals surface area contributed by atoms with Gasteiger partial charge in [-0.05, 0) is 43.9 Å². The minimum atomic E-state index is -0.382. The second-order valence-electron chi connectivity index (χ2n) is 6.52. The van der Waals surface area contributed by atoms with Gasteiger partial charge in [-0.15, -0.1) is 0 Å². The average molecular weight is 327 g/mol. The van der Waals surface area contributed by atoms with Gasteiger partial charge in [0.05, 0.1) is 10.9 Å². The topological polar surface area (TPSA) is 73.2 Å². The third-order valence-electron chi connectivity index (χ3n) is 4.80. The number of aromatic nitrogens is 2. The van der Waals surface area contributed by atoms with Crippen molar-refractivity contribution in [2.24, 2.45) is 0 Å². The van der Waals surface area contributed by atoms with Gasteiger partial charge in [-0.25, -0.2) is 4.98 Å². The standard InChI is InChI=1S/C18H21N3O3/c22-17(15-5-4-10-24-15)19-12-7-8-14-13(11-12)18(23)21-9-3-1-2-6-16(21)20-14/h7-8,11,15H,1-6,9-10H2,(H,19,22). The van der Waals surface area contributed by atoms with Crippen molar-refractivity contribution in [2.75, 3.05) is 11.9 Å². The highest BCUT2D eigenvalue weighted by Gasteiger charge is 2.23. The molecule has 0 spiro atoms. The van der Waals surface area contributed by atoms with Gasteiger partial charge in [-0.3, -0.25) is 14.2 Å². The fraction of sp³-hybridized carbons (Fsp3) is 0.500. The van der Waals surface area contributed by atoms with E-state index in [0.717, 1.165) is 50.9 Å². The second-order valence-corrected chi connectivity index (χ2v) is 6.52. The van der Waals surface area contributed by atoms with E-state index in [1.54, 1.807) is 16.7 Å². The Morgan fingerprint density at radius 1 is 1.25 bits per heavy atom. The van der Waals surface area contributed by atoms with Crippen LogP contribution in [0.4, 0.5) is 5.69 Å². The van der Waals surface area contributed by atoms with Crippen molar-refractivity contribution in [3.63, 3.8) is 0 Å². The Bertz CT molecular complexity index is 837. The number of fused-ring (bicyclic) bond motifs is 2. The summed E-state index contributed by atoms with van der Waals surface area (Å²) in [6, 6.07) is 5.35. The van der Waals surface area contributed by atoms with Crippen LogP contribution in [0.25, 0.3) is 10.9 Å². The van der Waals surface area contributed by atoms with Crippen LogP contribution < -0.4 is 10.9 Å². The molecule has 1 unspecified atom stereocenters. The molecule has 1 aromatic heterocycles. The fourth-order valence-corrected chi connectivity index (χ4v) is 3.50. The highest BCUT2D eigenvalue weighted by Crippen LogP contribution is 2.20. The molecular formula is C18H21N3O3. The third kappa shape index (κ3) is 2.82. The van der Waals surface area contributed by atoms with Crippen molar-refractivity contribution < 1.29 is 9.53 Å². The predicted octanol–water partition coefficient (Wildman–Crippen LogP) is 2.24. The molecule has 1 saturated heterocycles. The van der Waals surface area contributed by atoms with Crippen LogP contribution in [0.2, 0.25) is 0 Å². The number of nitrogens with one attached hydrogen (secondary N) is 1. The van der Waals surface area contributed by atoms with Crippen LogP contribution in [0.1, 0.15) is 37.9 Å². The SMILES string of the molecule is O=C(Nc1ccc2nc3n(c(=O)c2c1)CCCCC3)C1CCCO1. The zero-order chi connectivity index (χ0) is 16.5. The summed E-state index contributed by atoms with van der Waals surface area (Å²) in [6.07, 6.45) is 5.34. The van der Waals surface area contributed by atoms with Gasteiger partial charge >= 0.3 is 0 Å². The van der Waals surface area contributed by atoms with Crippen molar-refractivity contribution >= 4 is 22.5 Å². The summed E-state index contributed by atoms with van der Waals surface area (Å²) in [5.74, 6) is 0.732. The number of benzene rings is 1. The van der Waals surface area contributed by atoms with Gasteiger partial charge in [-0.2, -0.15) is 0 Å². The van der Waals surface area contributed by atoms with E-state index < -0.39 is 0 Å². The Morgan fingerprint density at radius 3 is 3.00 bits per heavy atom. The van der Waals surface area contributed by atoms with E-state index in [-0.39, 0.29) is 17.6 Å². The van der Waals surface area contributed by atoms with E-state index in [4.69, 9.17) is 4.74 Å². The van der Waals surface area contributed by atoms with Crippen LogP contribution in [0.3, 0.4) is 0 Å². The Hall–Kier alpha value is -2.21. The molecule has 1 atom stereocenters. The molecule has 24 heavy (non-hydrogen) atoms. The summed E-state index contributed by atoms with van der Waals surface area (Å²) < 4.78 is 7.19. The number of amides is 1. The van der Waals surface area contributed by atoms with Gasteiger partial charge in [0, 0.05) is 25.3 Å². The van der Waals surface area contributed by atoms with Crippen LogP contribution in [-0.4, -0.2) is 28.2 Å². The van der Waals surface area contributed by atoms with Crippen LogP contribution in [0, 0.1) is 0 Å². The lowest BCUT2D eigenvalue weighted by Gasteiger charge is -2.13. The second kappa shape index (κ2) is 6.36. The molecule has 1 aromatic carbocycles. The first-order valence-corrected chi connectivity index (χ1v) is 8.68. The molecule has 1 N–H and O–H groups in total. The zero-order valence-corrected chi connectivity index (χ0v) is 13.6. The zero-order valence-electron chi connectivity index (χ0n) is 13.6. The molecular weight excluding hydrogens is 306 g/mol. The van der Waals surface area contributed by atoms with Crippen molar-refractivity contribution in [1.82, 2.24) is 9.55 Å². The highest BCUT2D eigenvalue weighted by atomic mass is 16.5. The first-order valence-electron chi connectivity index (χ1n) is 8.68. The number of carbonyl (C=O) groups excluding carboxylic acids is 1. The quantitative estimate of drug-likeness (QED) is 0.918. The first-order chi connectivity index (χ1) is 11.7. The van der Waals surface area contributed by atoms with Crippen LogP contribution in [-0.2, 0) is 22.5 Å². The molecule has 0 saturated carbocycles. The maximum absolute atomic E-state index is 12.8. The van der Waals surface area contributed by atoms with Gasteiger partial charge in [0.1, 0.15) is 11.9 Å². The molecule has 6 heteroatoms. The van der Waals surface area contributed by atoms with E-state index in [1.807, 2.05) is 6.07 Å². The van der Waals surface area contributed by atoms with Crippen LogP contribution >= 0.6 is 0 Å². The van der Waals surface area contributed by atoms with Crippen molar-refractivity contribution in [3.05, 3.63) is 34.4 Å². The molecule has 2 aliphatic heterocycles. The maximum atomic E-state index is 12.8. The fourth-order valence-electron chi connectivity index (χ4n) is 3.50. The smallest absolute Gasteiger partial charge is 0.261 e. The monoisotopic (exact) mass is 327 g/mol. The lowest BCUT2D eigenvalue weighted by molar-refractivity contribution is -0.124. The Kier molecular flexibility index (Phi) is 4.06. The van der Waals surface area contributed by atoms with Gasteiger partial charge in [0.25, 0.3) is 11.5 Å². The number of aryl methyl sites for hydroxylation is 1. The van der Waals surface area contributed by atoms with Crippen molar-refractivity contribution in [1.29, 1.82) is 0 Å². The molecule has 4 rings (SSSR count). The summed E-state index contributed by atoms with van der Waals surface area (Å²) in [5.41, 5.74) is 1.31. The highest BCUT2D eigenvalue weighted by molar-refractivity contribution is 5.96. The average Bonchev–Trinajstić information content (AvgIpc) is 3.02.